The minimum absolute atomic E-state index is 0.463. The first-order valence-electron chi connectivity index (χ1n) is 5.49. The fraction of sp³-hybridized carbons (Fsp3) is 0.364. The molecule has 1 aliphatic rings. The third-order valence-electron chi connectivity index (χ3n) is 2.54. The number of aromatic nitrogens is 3. The highest BCUT2D eigenvalue weighted by atomic mass is 79.9. The quantitative estimate of drug-likeness (QED) is 0.936. The molecule has 0 atom stereocenters. The number of hydrogen-bond donors (Lipinski definition) is 1. The fourth-order valence-electron chi connectivity index (χ4n) is 1.46. The molecule has 0 bridgehead atoms. The zero-order chi connectivity index (χ0) is 11.7. The molecule has 88 valence electrons. The number of halogens is 1. The molecule has 0 saturated heterocycles. The van der Waals surface area contributed by atoms with Crippen molar-refractivity contribution in [2.75, 3.05) is 0 Å². The van der Waals surface area contributed by atoms with Gasteiger partial charge in [-0.3, -0.25) is 0 Å². The Balaban J connectivity index is 1.72. The Hall–Kier alpha value is -1.27. The van der Waals surface area contributed by atoms with E-state index in [1.165, 1.54) is 12.8 Å². The van der Waals surface area contributed by atoms with Crippen LogP contribution < -0.4 is 5.32 Å². The lowest BCUT2D eigenvalue weighted by atomic mass is 10.3. The minimum Gasteiger partial charge on any atom is -0.332 e. The molecule has 0 spiro atoms. The second-order valence-corrected chi connectivity index (χ2v) is 4.95. The number of hydrogen-bond acceptors (Lipinski definition) is 5. The van der Waals surface area contributed by atoms with Gasteiger partial charge in [-0.25, -0.2) is 4.98 Å². The molecule has 2 aromatic rings. The Morgan fingerprint density at radius 1 is 1.41 bits per heavy atom. The summed E-state index contributed by atoms with van der Waals surface area (Å²) in [7, 11) is 0. The third kappa shape index (κ3) is 2.70. The molecule has 2 heterocycles. The molecular weight excluding hydrogens is 284 g/mol. The van der Waals surface area contributed by atoms with Crippen molar-refractivity contribution in [1.82, 2.24) is 20.4 Å². The summed E-state index contributed by atoms with van der Waals surface area (Å²) in [5.41, 5.74) is 0.693. The van der Waals surface area contributed by atoms with Gasteiger partial charge in [0.2, 0.25) is 0 Å². The number of rotatable bonds is 4. The van der Waals surface area contributed by atoms with Crippen molar-refractivity contribution in [3.8, 4) is 11.6 Å². The van der Waals surface area contributed by atoms with Crippen molar-refractivity contribution >= 4 is 15.9 Å². The van der Waals surface area contributed by atoms with Crippen LogP contribution in [0.1, 0.15) is 18.7 Å². The van der Waals surface area contributed by atoms with Gasteiger partial charge in [0, 0.05) is 16.7 Å². The molecule has 6 heteroatoms. The van der Waals surface area contributed by atoms with Gasteiger partial charge in [0.1, 0.15) is 5.69 Å². The Labute approximate surface area is 107 Å². The van der Waals surface area contributed by atoms with Crippen molar-refractivity contribution in [3.63, 3.8) is 0 Å². The normalized spacial score (nSPS) is 15.1. The first-order valence-corrected chi connectivity index (χ1v) is 6.28. The summed E-state index contributed by atoms with van der Waals surface area (Å²) in [4.78, 5) is 8.50. The Morgan fingerprint density at radius 3 is 3.00 bits per heavy atom. The van der Waals surface area contributed by atoms with Gasteiger partial charge >= 0.3 is 0 Å². The van der Waals surface area contributed by atoms with E-state index in [9.17, 15) is 0 Å². The molecule has 2 aromatic heterocycles. The van der Waals surface area contributed by atoms with Gasteiger partial charge in [-0.05, 0) is 40.9 Å². The Morgan fingerprint density at radius 2 is 2.29 bits per heavy atom. The summed E-state index contributed by atoms with van der Waals surface area (Å²) in [6.07, 6.45) is 4.21. The van der Waals surface area contributed by atoms with Crippen LogP contribution in [0.2, 0.25) is 0 Å². The Kier molecular flexibility index (Phi) is 2.90. The van der Waals surface area contributed by atoms with Crippen LogP contribution in [-0.2, 0) is 6.54 Å². The molecule has 1 saturated carbocycles. The molecule has 17 heavy (non-hydrogen) atoms. The predicted octanol–water partition coefficient (Wildman–Crippen LogP) is 2.15. The molecule has 1 aliphatic carbocycles. The molecule has 0 unspecified atom stereocenters. The SMILES string of the molecule is Brc1ccc(-c2nc(CNC3CC3)no2)nc1. The van der Waals surface area contributed by atoms with E-state index in [1.54, 1.807) is 6.20 Å². The van der Waals surface area contributed by atoms with Crippen molar-refractivity contribution in [2.24, 2.45) is 0 Å². The highest BCUT2D eigenvalue weighted by Crippen LogP contribution is 2.20. The van der Waals surface area contributed by atoms with E-state index >= 15 is 0 Å². The maximum Gasteiger partial charge on any atom is 0.276 e. The second kappa shape index (κ2) is 4.54. The van der Waals surface area contributed by atoms with Gasteiger partial charge in [-0.2, -0.15) is 4.98 Å². The van der Waals surface area contributed by atoms with Crippen LogP contribution >= 0.6 is 15.9 Å². The average Bonchev–Trinajstić information content (AvgIpc) is 3.06. The summed E-state index contributed by atoms with van der Waals surface area (Å²) in [5.74, 6) is 1.14. The van der Waals surface area contributed by atoms with Crippen LogP contribution in [0.25, 0.3) is 11.6 Å². The van der Waals surface area contributed by atoms with E-state index in [2.05, 4.69) is 36.4 Å². The van der Waals surface area contributed by atoms with Crippen LogP contribution in [0.5, 0.6) is 0 Å². The smallest absolute Gasteiger partial charge is 0.276 e. The molecule has 1 fully saturated rings. The highest BCUT2D eigenvalue weighted by molar-refractivity contribution is 9.10. The highest BCUT2D eigenvalue weighted by Gasteiger charge is 2.21. The van der Waals surface area contributed by atoms with Crippen LogP contribution in [-0.4, -0.2) is 21.2 Å². The van der Waals surface area contributed by atoms with E-state index in [-0.39, 0.29) is 0 Å². The van der Waals surface area contributed by atoms with Crippen molar-refractivity contribution in [1.29, 1.82) is 0 Å². The van der Waals surface area contributed by atoms with Crippen molar-refractivity contribution < 1.29 is 4.52 Å². The van der Waals surface area contributed by atoms with Crippen LogP contribution in [0.15, 0.2) is 27.3 Å². The lowest BCUT2D eigenvalue weighted by Crippen LogP contribution is -2.16. The van der Waals surface area contributed by atoms with E-state index in [4.69, 9.17) is 4.52 Å². The number of pyridine rings is 1. The van der Waals surface area contributed by atoms with Crippen molar-refractivity contribution in [2.45, 2.75) is 25.4 Å². The summed E-state index contributed by atoms with van der Waals surface area (Å²) in [6, 6.07) is 4.38. The standard InChI is InChI=1S/C11H11BrN4O/c12-7-1-4-9(14-5-7)11-15-10(16-17-11)6-13-8-2-3-8/h1,4-5,8,13H,2-3,6H2. The van der Waals surface area contributed by atoms with Gasteiger partial charge in [-0.1, -0.05) is 5.16 Å². The van der Waals surface area contributed by atoms with Crippen molar-refractivity contribution in [3.05, 3.63) is 28.6 Å². The predicted molar refractivity (Wildman–Crippen MR) is 65.1 cm³/mol. The molecular formula is C11H11BrN4O. The number of nitrogens with one attached hydrogen (secondary N) is 1. The zero-order valence-corrected chi connectivity index (χ0v) is 10.6. The monoisotopic (exact) mass is 294 g/mol. The van der Waals surface area contributed by atoms with Crippen LogP contribution in [0.4, 0.5) is 0 Å². The summed E-state index contributed by atoms with van der Waals surface area (Å²) in [6.45, 7) is 0.657. The van der Waals surface area contributed by atoms with Gasteiger partial charge in [0.05, 0.1) is 6.54 Å². The van der Waals surface area contributed by atoms with E-state index in [1.807, 2.05) is 12.1 Å². The number of nitrogens with zero attached hydrogens (tertiary/aromatic N) is 3. The minimum atomic E-state index is 0.463. The second-order valence-electron chi connectivity index (χ2n) is 4.03. The van der Waals surface area contributed by atoms with E-state index in [0.717, 1.165) is 4.47 Å². The zero-order valence-electron chi connectivity index (χ0n) is 9.06. The van der Waals surface area contributed by atoms with Gasteiger partial charge in [0.25, 0.3) is 5.89 Å². The summed E-state index contributed by atoms with van der Waals surface area (Å²) >= 11 is 3.33. The van der Waals surface area contributed by atoms with E-state index < -0.39 is 0 Å². The molecule has 5 nitrogen and oxygen atoms in total. The Bertz CT molecular complexity index is 506. The first kappa shape index (κ1) is 10.9. The average molecular weight is 295 g/mol. The lowest BCUT2D eigenvalue weighted by Gasteiger charge is -1.95. The van der Waals surface area contributed by atoms with Crippen LogP contribution in [0, 0.1) is 0 Å². The van der Waals surface area contributed by atoms with Gasteiger partial charge < -0.3 is 9.84 Å². The van der Waals surface area contributed by atoms with E-state index in [0.29, 0.717) is 30.0 Å². The molecule has 0 aromatic carbocycles. The molecule has 0 amide bonds. The van der Waals surface area contributed by atoms with Gasteiger partial charge in [-0.15, -0.1) is 0 Å². The first-order chi connectivity index (χ1) is 8.31. The molecule has 0 aliphatic heterocycles. The topological polar surface area (TPSA) is 63.8 Å². The summed E-state index contributed by atoms with van der Waals surface area (Å²) < 4.78 is 6.09. The molecule has 0 radical (unpaired) electrons. The molecule has 3 rings (SSSR count). The fourth-order valence-corrected chi connectivity index (χ4v) is 1.69. The lowest BCUT2D eigenvalue weighted by molar-refractivity contribution is 0.418. The molecule has 1 N–H and O–H groups in total. The maximum atomic E-state index is 5.16. The largest absolute Gasteiger partial charge is 0.332 e. The third-order valence-corrected chi connectivity index (χ3v) is 3.01. The maximum absolute atomic E-state index is 5.16. The van der Waals surface area contributed by atoms with Crippen LogP contribution in [0.3, 0.4) is 0 Å². The van der Waals surface area contributed by atoms with Gasteiger partial charge in [0.15, 0.2) is 5.82 Å². The summed E-state index contributed by atoms with van der Waals surface area (Å²) in [5, 5.41) is 7.25.